The van der Waals surface area contributed by atoms with Gasteiger partial charge >= 0.3 is 0 Å². The first kappa shape index (κ1) is 47.9. The van der Waals surface area contributed by atoms with Gasteiger partial charge in [-0.05, 0) is 172 Å². The van der Waals surface area contributed by atoms with Gasteiger partial charge in [-0.1, -0.05) is 198 Å². The maximum atomic E-state index is 2.66. The van der Waals surface area contributed by atoms with Gasteiger partial charge in [0, 0.05) is 50.6 Å². The molecule has 2 aliphatic rings. The first-order valence-electron chi connectivity index (χ1n) is 27.4. The summed E-state index contributed by atoms with van der Waals surface area (Å²) in [6.07, 6.45) is 0. The van der Waals surface area contributed by atoms with Crippen LogP contribution < -0.4 is 26.2 Å². The average molecular weight is 986 g/mol. The maximum Gasteiger partial charge on any atom is 0.253 e. The summed E-state index contributed by atoms with van der Waals surface area (Å²) in [5, 5.41) is 7.56. The summed E-state index contributed by atoms with van der Waals surface area (Å²) in [7, 11) is 0. The van der Waals surface area contributed by atoms with Gasteiger partial charge in [0.25, 0.3) is 6.71 Å². The molecule has 0 saturated heterocycles. The Hall–Kier alpha value is -7.82. The first-order valence-corrected chi connectivity index (χ1v) is 27.4. The lowest BCUT2D eigenvalue weighted by molar-refractivity contribution is 0.568. The van der Waals surface area contributed by atoms with Crippen molar-refractivity contribution in [1.82, 2.24) is 4.57 Å². The molecule has 4 heteroatoms. The van der Waals surface area contributed by atoms with Crippen LogP contribution in [-0.4, -0.2) is 11.3 Å². The summed E-state index contributed by atoms with van der Waals surface area (Å²) in [6.45, 7) is 28.2. The summed E-state index contributed by atoms with van der Waals surface area (Å²) in [6, 6.07) is 74.6. The van der Waals surface area contributed by atoms with Crippen LogP contribution in [0.15, 0.2) is 194 Å². The maximum absolute atomic E-state index is 2.66. The number of anilines is 6. The van der Waals surface area contributed by atoms with Crippen molar-refractivity contribution in [2.75, 3.05) is 9.80 Å². The van der Waals surface area contributed by atoms with Crippen LogP contribution in [0.5, 0.6) is 0 Å². The summed E-state index contributed by atoms with van der Waals surface area (Å²) >= 11 is 0. The third-order valence-electron chi connectivity index (χ3n) is 16.7. The highest BCUT2D eigenvalue weighted by atomic mass is 15.2. The average Bonchev–Trinajstić information content (AvgIpc) is 3.72. The van der Waals surface area contributed by atoms with Gasteiger partial charge < -0.3 is 14.4 Å². The monoisotopic (exact) mass is 986 g/mol. The van der Waals surface area contributed by atoms with Crippen LogP contribution in [0.25, 0.3) is 60.2 Å². The number of rotatable bonds is 4. The molecule has 0 radical (unpaired) electrons. The molecule has 0 unspecified atom stereocenters. The third kappa shape index (κ3) is 7.61. The van der Waals surface area contributed by atoms with Crippen LogP contribution >= 0.6 is 0 Å². The molecule has 374 valence electrons. The highest BCUT2D eigenvalue weighted by Gasteiger charge is 2.46. The molecule has 0 N–H and O–H groups in total. The van der Waals surface area contributed by atoms with E-state index in [9.17, 15) is 0 Å². The number of nitrogens with zero attached hydrogens (tertiary/aromatic N) is 3. The van der Waals surface area contributed by atoms with Crippen molar-refractivity contribution in [3.05, 3.63) is 216 Å². The van der Waals surface area contributed by atoms with Crippen LogP contribution in [-0.2, 0) is 21.7 Å². The van der Waals surface area contributed by atoms with Gasteiger partial charge in [-0.3, -0.25) is 0 Å². The van der Waals surface area contributed by atoms with E-state index in [1.807, 2.05) is 0 Å². The molecule has 0 saturated carbocycles. The van der Waals surface area contributed by atoms with Gasteiger partial charge in [-0.15, -0.1) is 0 Å². The molecule has 11 aromatic rings. The van der Waals surface area contributed by atoms with Gasteiger partial charge in [0.05, 0.1) is 11.0 Å². The standard InChI is InChI=1S/C72H68BN3/c1-69(2,3)49-39-50(70(4,5)6)42-54(41-49)75-62-34-30-45-22-16-18-26-56(45)66(62)73-67-57-27-19-17-23-46(57)31-35-63(67)76(55-43-51(71(7,8)9)40-52(44-55)72(10,11)12)65-38-48(37-64(75)68(65)73)47-32-33-61-59(36-47)58-28-20-21-29-60(58)74(61)53-24-14-13-15-25-53/h13-44H,1-12H3. The van der Waals surface area contributed by atoms with Crippen molar-refractivity contribution in [3.63, 3.8) is 0 Å². The lowest BCUT2D eigenvalue weighted by atomic mass is 9.32. The minimum atomic E-state index is -0.0896. The predicted octanol–water partition coefficient (Wildman–Crippen LogP) is 18.0. The number of aromatic nitrogens is 1. The van der Waals surface area contributed by atoms with Crippen molar-refractivity contribution in [1.29, 1.82) is 0 Å². The Labute approximate surface area is 450 Å². The minimum Gasteiger partial charge on any atom is -0.311 e. The molecule has 3 nitrogen and oxygen atoms in total. The van der Waals surface area contributed by atoms with Gasteiger partial charge in [0.2, 0.25) is 0 Å². The van der Waals surface area contributed by atoms with Crippen molar-refractivity contribution in [3.8, 4) is 16.8 Å². The Morgan fingerprint density at radius 3 is 1.18 bits per heavy atom. The number of hydrogen-bond donors (Lipinski definition) is 0. The van der Waals surface area contributed by atoms with Crippen LogP contribution in [0.4, 0.5) is 34.1 Å². The summed E-state index contributed by atoms with van der Waals surface area (Å²) in [5.41, 5.74) is 22.2. The molecule has 0 fully saturated rings. The molecule has 0 atom stereocenters. The number of para-hydroxylation sites is 2. The van der Waals surface area contributed by atoms with Gasteiger partial charge in [-0.25, -0.2) is 0 Å². The Bertz CT molecular complexity index is 3910. The summed E-state index contributed by atoms with van der Waals surface area (Å²) in [4.78, 5) is 5.32. The zero-order valence-electron chi connectivity index (χ0n) is 46.4. The molecule has 1 aromatic heterocycles. The molecule has 3 heterocycles. The summed E-state index contributed by atoms with van der Waals surface area (Å²) < 4.78 is 2.42. The van der Waals surface area contributed by atoms with Crippen molar-refractivity contribution >= 4 is 101 Å². The van der Waals surface area contributed by atoms with Crippen molar-refractivity contribution in [2.24, 2.45) is 0 Å². The van der Waals surface area contributed by atoms with E-state index in [0.717, 1.165) is 5.69 Å². The van der Waals surface area contributed by atoms with E-state index in [0.29, 0.717) is 0 Å². The largest absolute Gasteiger partial charge is 0.311 e. The zero-order valence-corrected chi connectivity index (χ0v) is 46.4. The number of fused-ring (bicyclic) bond motifs is 11. The Balaban J connectivity index is 1.20. The molecular weight excluding hydrogens is 918 g/mol. The van der Waals surface area contributed by atoms with Gasteiger partial charge in [0.1, 0.15) is 0 Å². The number of hydrogen-bond acceptors (Lipinski definition) is 2. The normalized spacial score (nSPS) is 13.7. The summed E-state index contributed by atoms with van der Waals surface area (Å²) in [5.74, 6) is 0. The lowest BCUT2D eigenvalue weighted by Crippen LogP contribution is -2.61. The topological polar surface area (TPSA) is 11.4 Å². The molecule has 10 aromatic carbocycles. The van der Waals surface area contributed by atoms with Gasteiger partial charge in [-0.2, -0.15) is 0 Å². The first-order chi connectivity index (χ1) is 36.2. The quantitative estimate of drug-likeness (QED) is 0.163. The molecule has 76 heavy (non-hydrogen) atoms. The molecular formula is C72H68BN3. The Morgan fingerprint density at radius 1 is 0.289 bits per heavy atom. The fourth-order valence-corrected chi connectivity index (χ4v) is 12.5. The lowest BCUT2D eigenvalue weighted by Gasteiger charge is -2.46. The van der Waals surface area contributed by atoms with E-state index >= 15 is 0 Å². The van der Waals surface area contributed by atoms with E-state index < -0.39 is 0 Å². The molecule has 13 rings (SSSR count). The fourth-order valence-electron chi connectivity index (χ4n) is 12.5. The minimum absolute atomic E-state index is 0.0825. The molecule has 0 aliphatic carbocycles. The molecule has 0 amide bonds. The van der Waals surface area contributed by atoms with E-state index in [-0.39, 0.29) is 28.4 Å². The van der Waals surface area contributed by atoms with Gasteiger partial charge in [0.15, 0.2) is 0 Å². The fraction of sp³-hybridized carbons (Fsp3) is 0.222. The van der Waals surface area contributed by atoms with E-state index in [1.165, 1.54) is 127 Å². The second kappa shape index (κ2) is 16.8. The molecule has 0 spiro atoms. The van der Waals surface area contributed by atoms with Crippen LogP contribution in [0, 0.1) is 0 Å². The van der Waals surface area contributed by atoms with E-state index in [2.05, 4.69) is 292 Å². The molecule has 0 bridgehead atoms. The van der Waals surface area contributed by atoms with Crippen molar-refractivity contribution in [2.45, 2.75) is 105 Å². The highest BCUT2D eigenvalue weighted by Crippen LogP contribution is 2.50. The van der Waals surface area contributed by atoms with Crippen LogP contribution in [0.1, 0.15) is 105 Å². The molecule has 2 aliphatic heterocycles. The zero-order chi connectivity index (χ0) is 52.8. The SMILES string of the molecule is CC(C)(C)c1cc(N2c3cc(-c4ccc5c(c4)c4ccccc4n5-c4ccccc4)cc4c3B(c3c2ccc2ccccc32)c2c(ccc3ccccc23)N4c2cc(C(C)(C)C)cc(C(C)(C)C)c2)cc(C(C)(C)C)c1. The Kier molecular flexibility index (Phi) is 10.6. The predicted molar refractivity (Wildman–Crippen MR) is 330 cm³/mol. The second-order valence-corrected chi connectivity index (χ2v) is 25.9. The smallest absolute Gasteiger partial charge is 0.253 e. The van der Waals surface area contributed by atoms with E-state index in [4.69, 9.17) is 0 Å². The highest BCUT2D eigenvalue weighted by molar-refractivity contribution is 7.03. The van der Waals surface area contributed by atoms with Crippen LogP contribution in [0.3, 0.4) is 0 Å². The van der Waals surface area contributed by atoms with Crippen molar-refractivity contribution < 1.29 is 0 Å². The number of benzene rings is 10. The Morgan fingerprint density at radius 2 is 0.711 bits per heavy atom. The second-order valence-electron chi connectivity index (χ2n) is 25.9. The third-order valence-corrected chi connectivity index (χ3v) is 16.7. The van der Waals surface area contributed by atoms with E-state index in [1.54, 1.807) is 0 Å². The van der Waals surface area contributed by atoms with Crippen LogP contribution in [0.2, 0.25) is 0 Å².